The van der Waals surface area contributed by atoms with E-state index in [-0.39, 0.29) is 5.91 Å². The predicted octanol–water partition coefficient (Wildman–Crippen LogP) is 2.02. The van der Waals surface area contributed by atoms with Crippen LogP contribution in [0.4, 0.5) is 5.82 Å². The number of nitrogens with zero attached hydrogens (tertiary/aromatic N) is 2. The van der Waals surface area contributed by atoms with Gasteiger partial charge in [0.2, 0.25) is 0 Å². The van der Waals surface area contributed by atoms with E-state index in [1.54, 1.807) is 18.3 Å². The quantitative estimate of drug-likeness (QED) is 0.608. The van der Waals surface area contributed by atoms with E-state index in [1.807, 2.05) is 4.90 Å². The number of nitrogen functional groups attached to an aromatic ring is 1. The minimum atomic E-state index is 0.0317. The van der Waals surface area contributed by atoms with Gasteiger partial charge in [0.1, 0.15) is 0 Å². The van der Waals surface area contributed by atoms with Gasteiger partial charge >= 0.3 is 0 Å². The summed E-state index contributed by atoms with van der Waals surface area (Å²) in [6, 6.07) is 3.94. The lowest BCUT2D eigenvalue weighted by molar-refractivity contribution is 0.0736. The van der Waals surface area contributed by atoms with Gasteiger partial charge < -0.3 is 10.3 Å². The maximum atomic E-state index is 12.6. The number of aromatic nitrogens is 1. The minimum Gasteiger partial charge on any atom is -0.336 e. The van der Waals surface area contributed by atoms with Crippen LogP contribution in [0.15, 0.2) is 18.3 Å². The van der Waals surface area contributed by atoms with Crippen LogP contribution in [0.3, 0.4) is 0 Å². The van der Waals surface area contributed by atoms with Gasteiger partial charge in [0.15, 0.2) is 5.82 Å². The maximum Gasteiger partial charge on any atom is 0.257 e. The van der Waals surface area contributed by atoms with Crippen LogP contribution in [-0.4, -0.2) is 28.4 Å². The summed E-state index contributed by atoms with van der Waals surface area (Å²) in [5.41, 5.74) is 3.05. The fraction of sp³-hybridized carbons (Fsp3) is 0.571. The van der Waals surface area contributed by atoms with Gasteiger partial charge in [-0.05, 0) is 37.3 Å². The standard InChI is InChI=1S/C14H22N4O/c1-10(2)7-9-18(11-5-6-11)14(19)12-4-3-8-16-13(12)17-15/h3-4,8,10-11H,5-7,9,15H2,1-2H3,(H,16,17). The number of rotatable bonds is 6. The summed E-state index contributed by atoms with van der Waals surface area (Å²) in [7, 11) is 0. The van der Waals surface area contributed by atoms with E-state index in [1.165, 1.54) is 0 Å². The minimum absolute atomic E-state index is 0.0317. The molecule has 1 saturated carbocycles. The Morgan fingerprint density at radius 3 is 2.89 bits per heavy atom. The van der Waals surface area contributed by atoms with Crippen LogP contribution >= 0.6 is 0 Å². The van der Waals surface area contributed by atoms with Crippen LogP contribution < -0.4 is 11.3 Å². The number of amides is 1. The zero-order valence-electron chi connectivity index (χ0n) is 11.6. The van der Waals surface area contributed by atoms with Crippen molar-refractivity contribution in [2.75, 3.05) is 12.0 Å². The van der Waals surface area contributed by atoms with Crippen LogP contribution in [0.5, 0.6) is 0 Å². The third-order valence-electron chi connectivity index (χ3n) is 3.37. The molecule has 0 unspecified atom stereocenters. The Balaban J connectivity index is 2.14. The van der Waals surface area contributed by atoms with Crippen molar-refractivity contribution in [1.82, 2.24) is 9.88 Å². The summed E-state index contributed by atoms with van der Waals surface area (Å²) >= 11 is 0. The summed E-state index contributed by atoms with van der Waals surface area (Å²) in [6.45, 7) is 5.15. The molecule has 1 aromatic heterocycles. The molecule has 1 aromatic rings. The van der Waals surface area contributed by atoms with Crippen molar-refractivity contribution in [3.63, 3.8) is 0 Å². The topological polar surface area (TPSA) is 71.2 Å². The van der Waals surface area contributed by atoms with Crippen molar-refractivity contribution in [3.8, 4) is 0 Å². The fourth-order valence-electron chi connectivity index (χ4n) is 2.08. The third-order valence-corrected chi connectivity index (χ3v) is 3.37. The molecule has 1 aliphatic carbocycles. The van der Waals surface area contributed by atoms with Crippen LogP contribution in [0, 0.1) is 5.92 Å². The smallest absolute Gasteiger partial charge is 0.257 e. The first-order valence-electron chi connectivity index (χ1n) is 6.86. The number of carbonyl (C=O) groups is 1. The zero-order chi connectivity index (χ0) is 13.8. The normalized spacial score (nSPS) is 14.5. The van der Waals surface area contributed by atoms with Gasteiger partial charge in [-0.25, -0.2) is 10.8 Å². The first-order chi connectivity index (χ1) is 9.13. The van der Waals surface area contributed by atoms with E-state index in [9.17, 15) is 4.79 Å². The summed E-state index contributed by atoms with van der Waals surface area (Å²) < 4.78 is 0. The third kappa shape index (κ3) is 3.44. The molecule has 3 N–H and O–H groups in total. The molecule has 0 radical (unpaired) electrons. The lowest BCUT2D eigenvalue weighted by Gasteiger charge is -2.24. The molecule has 0 aromatic carbocycles. The molecule has 0 saturated heterocycles. The number of hydrogen-bond acceptors (Lipinski definition) is 4. The molecular formula is C14H22N4O. The lowest BCUT2D eigenvalue weighted by Crippen LogP contribution is -2.35. The average Bonchev–Trinajstić information content (AvgIpc) is 3.23. The van der Waals surface area contributed by atoms with Gasteiger partial charge in [-0.2, -0.15) is 0 Å². The van der Waals surface area contributed by atoms with Crippen LogP contribution in [0.25, 0.3) is 0 Å². The molecule has 2 rings (SSSR count). The number of hydrazine groups is 1. The van der Waals surface area contributed by atoms with Gasteiger partial charge in [-0.3, -0.25) is 4.79 Å². The van der Waals surface area contributed by atoms with E-state index in [0.29, 0.717) is 23.3 Å². The zero-order valence-corrected chi connectivity index (χ0v) is 11.6. The molecule has 5 heteroatoms. The van der Waals surface area contributed by atoms with Crippen LogP contribution in [0.2, 0.25) is 0 Å². The molecule has 0 aliphatic heterocycles. The maximum absolute atomic E-state index is 12.6. The van der Waals surface area contributed by atoms with Crippen molar-refractivity contribution in [2.45, 2.75) is 39.2 Å². The Morgan fingerprint density at radius 1 is 1.58 bits per heavy atom. The van der Waals surface area contributed by atoms with Gasteiger partial charge in [-0.1, -0.05) is 13.8 Å². The SMILES string of the molecule is CC(C)CCN(C(=O)c1cccnc1NN)C1CC1. The number of nitrogens with one attached hydrogen (secondary N) is 1. The highest BCUT2D eigenvalue weighted by Crippen LogP contribution is 2.29. The lowest BCUT2D eigenvalue weighted by atomic mass is 10.1. The Bertz CT molecular complexity index is 443. The van der Waals surface area contributed by atoms with Gasteiger partial charge in [0.05, 0.1) is 5.56 Å². The second-order valence-corrected chi connectivity index (χ2v) is 5.46. The second kappa shape index (κ2) is 6.02. The van der Waals surface area contributed by atoms with Crippen molar-refractivity contribution >= 4 is 11.7 Å². The summed E-state index contributed by atoms with van der Waals surface area (Å²) in [5, 5.41) is 0. The number of pyridine rings is 1. The Labute approximate surface area is 114 Å². The first kappa shape index (κ1) is 13.8. The van der Waals surface area contributed by atoms with E-state index < -0.39 is 0 Å². The van der Waals surface area contributed by atoms with Crippen molar-refractivity contribution in [3.05, 3.63) is 23.9 Å². The van der Waals surface area contributed by atoms with E-state index in [0.717, 1.165) is 25.8 Å². The summed E-state index contributed by atoms with van der Waals surface area (Å²) in [4.78, 5) is 18.7. The monoisotopic (exact) mass is 262 g/mol. The highest BCUT2D eigenvalue weighted by Gasteiger charge is 2.33. The predicted molar refractivity (Wildman–Crippen MR) is 75.6 cm³/mol. The summed E-state index contributed by atoms with van der Waals surface area (Å²) in [6.07, 6.45) is 4.86. The number of anilines is 1. The van der Waals surface area contributed by atoms with Crippen LogP contribution in [-0.2, 0) is 0 Å². The van der Waals surface area contributed by atoms with Crippen molar-refractivity contribution in [2.24, 2.45) is 11.8 Å². The molecule has 19 heavy (non-hydrogen) atoms. The van der Waals surface area contributed by atoms with Crippen LogP contribution in [0.1, 0.15) is 43.5 Å². The Morgan fingerprint density at radius 2 is 2.32 bits per heavy atom. The molecule has 5 nitrogen and oxygen atoms in total. The number of nitrogens with two attached hydrogens (primary N) is 1. The highest BCUT2D eigenvalue weighted by atomic mass is 16.2. The number of carbonyl (C=O) groups excluding carboxylic acids is 1. The first-order valence-corrected chi connectivity index (χ1v) is 6.86. The average molecular weight is 262 g/mol. The molecule has 0 spiro atoms. The highest BCUT2D eigenvalue weighted by molar-refractivity contribution is 5.99. The van der Waals surface area contributed by atoms with E-state index in [2.05, 4.69) is 24.3 Å². The van der Waals surface area contributed by atoms with Crippen molar-refractivity contribution in [1.29, 1.82) is 0 Å². The Kier molecular flexibility index (Phi) is 4.37. The molecule has 1 amide bonds. The molecule has 1 aliphatic rings. The summed E-state index contributed by atoms with van der Waals surface area (Å²) in [5.74, 6) is 6.49. The van der Waals surface area contributed by atoms with Gasteiger partial charge in [-0.15, -0.1) is 0 Å². The second-order valence-electron chi connectivity index (χ2n) is 5.46. The molecular weight excluding hydrogens is 240 g/mol. The molecule has 0 bridgehead atoms. The molecule has 1 heterocycles. The molecule has 104 valence electrons. The Hall–Kier alpha value is -1.62. The van der Waals surface area contributed by atoms with Gasteiger partial charge in [0, 0.05) is 18.8 Å². The number of hydrogen-bond donors (Lipinski definition) is 2. The van der Waals surface area contributed by atoms with E-state index >= 15 is 0 Å². The fourth-order valence-corrected chi connectivity index (χ4v) is 2.08. The molecule has 0 atom stereocenters. The molecule has 1 fully saturated rings. The van der Waals surface area contributed by atoms with E-state index in [4.69, 9.17) is 5.84 Å². The van der Waals surface area contributed by atoms with Crippen molar-refractivity contribution < 1.29 is 4.79 Å². The largest absolute Gasteiger partial charge is 0.336 e. The van der Waals surface area contributed by atoms with Gasteiger partial charge in [0.25, 0.3) is 5.91 Å².